The molecule has 1 fully saturated rings. The molecular weight excluding hydrogens is 202 g/mol. The van der Waals surface area contributed by atoms with E-state index in [1.807, 2.05) is 0 Å². The summed E-state index contributed by atoms with van der Waals surface area (Å²) in [4.78, 5) is 4.18. The second-order valence-corrected chi connectivity index (χ2v) is 4.17. The van der Waals surface area contributed by atoms with Crippen molar-refractivity contribution in [1.29, 1.82) is 5.26 Å². The van der Waals surface area contributed by atoms with Crippen LogP contribution in [-0.4, -0.2) is 22.7 Å². The number of aliphatic hydroxyl groups excluding tert-OH is 1. The maximum Gasteiger partial charge on any atom is 0.127 e. The van der Waals surface area contributed by atoms with Gasteiger partial charge in [-0.15, -0.1) is 0 Å². The van der Waals surface area contributed by atoms with Crippen molar-refractivity contribution in [1.82, 2.24) is 4.98 Å². The first kappa shape index (κ1) is 10.9. The fourth-order valence-electron chi connectivity index (χ4n) is 2.21. The minimum absolute atomic E-state index is 0.218. The predicted octanol–water partition coefficient (Wildman–Crippen LogP) is 1.53. The van der Waals surface area contributed by atoms with Crippen LogP contribution in [0, 0.1) is 17.2 Å². The van der Waals surface area contributed by atoms with Gasteiger partial charge >= 0.3 is 0 Å². The number of rotatable bonds is 3. The van der Waals surface area contributed by atoms with Gasteiger partial charge in [-0.25, -0.2) is 4.98 Å². The minimum Gasteiger partial charge on any atom is -0.396 e. The van der Waals surface area contributed by atoms with Gasteiger partial charge in [0.1, 0.15) is 5.82 Å². The summed E-state index contributed by atoms with van der Waals surface area (Å²) < 4.78 is 0. The number of aliphatic hydroxyl groups is 1. The van der Waals surface area contributed by atoms with Crippen LogP contribution >= 0.6 is 0 Å². The Hall–Kier alpha value is -1.60. The van der Waals surface area contributed by atoms with E-state index in [9.17, 15) is 5.11 Å². The second-order valence-electron chi connectivity index (χ2n) is 4.17. The van der Waals surface area contributed by atoms with Crippen molar-refractivity contribution in [2.75, 3.05) is 11.9 Å². The topological polar surface area (TPSA) is 68.9 Å². The number of hydrogen-bond acceptors (Lipinski definition) is 4. The van der Waals surface area contributed by atoms with Crippen LogP contribution in [0.4, 0.5) is 5.82 Å². The van der Waals surface area contributed by atoms with Crippen LogP contribution < -0.4 is 5.32 Å². The Labute approximate surface area is 94.9 Å². The molecule has 2 rings (SSSR count). The Kier molecular flexibility index (Phi) is 3.37. The van der Waals surface area contributed by atoms with Gasteiger partial charge in [-0.3, -0.25) is 0 Å². The Morgan fingerprint density at radius 3 is 3.19 bits per heavy atom. The van der Waals surface area contributed by atoms with E-state index in [2.05, 4.69) is 16.4 Å². The molecule has 1 heterocycles. The fraction of sp³-hybridized carbons (Fsp3) is 0.500. The Bertz CT molecular complexity index is 399. The number of pyridine rings is 1. The van der Waals surface area contributed by atoms with E-state index in [1.165, 1.54) is 0 Å². The van der Waals surface area contributed by atoms with Crippen LogP contribution in [0.1, 0.15) is 24.8 Å². The van der Waals surface area contributed by atoms with Crippen molar-refractivity contribution in [3.8, 4) is 6.07 Å². The zero-order valence-corrected chi connectivity index (χ0v) is 9.06. The number of nitrogens with zero attached hydrogens (tertiary/aromatic N) is 2. The third kappa shape index (κ3) is 2.31. The van der Waals surface area contributed by atoms with Gasteiger partial charge in [0.15, 0.2) is 0 Å². The molecule has 0 radical (unpaired) electrons. The molecule has 0 saturated heterocycles. The molecule has 2 N–H and O–H groups in total. The molecule has 1 saturated carbocycles. The smallest absolute Gasteiger partial charge is 0.127 e. The number of aromatic nitrogens is 1. The van der Waals surface area contributed by atoms with Gasteiger partial charge in [-0.05, 0) is 25.0 Å². The molecule has 16 heavy (non-hydrogen) atoms. The molecule has 0 amide bonds. The molecule has 84 valence electrons. The van der Waals surface area contributed by atoms with Crippen molar-refractivity contribution < 1.29 is 5.11 Å². The van der Waals surface area contributed by atoms with Gasteiger partial charge in [-0.2, -0.15) is 5.26 Å². The summed E-state index contributed by atoms with van der Waals surface area (Å²) in [7, 11) is 0. The number of hydrogen-bond donors (Lipinski definition) is 2. The van der Waals surface area contributed by atoms with Crippen LogP contribution in [0.5, 0.6) is 0 Å². The van der Waals surface area contributed by atoms with Crippen molar-refractivity contribution in [3.63, 3.8) is 0 Å². The van der Waals surface area contributed by atoms with Gasteiger partial charge in [0.2, 0.25) is 0 Å². The zero-order valence-electron chi connectivity index (χ0n) is 9.06. The summed E-state index contributed by atoms with van der Waals surface area (Å²) in [5, 5.41) is 21.3. The lowest BCUT2D eigenvalue weighted by Crippen LogP contribution is -2.26. The van der Waals surface area contributed by atoms with E-state index in [0.717, 1.165) is 25.1 Å². The average molecular weight is 217 g/mol. The first-order chi connectivity index (χ1) is 7.83. The highest BCUT2D eigenvalue weighted by Crippen LogP contribution is 2.27. The summed E-state index contributed by atoms with van der Waals surface area (Å²) >= 11 is 0. The highest BCUT2D eigenvalue weighted by atomic mass is 16.3. The van der Waals surface area contributed by atoms with Gasteiger partial charge < -0.3 is 10.4 Å². The van der Waals surface area contributed by atoms with E-state index in [1.54, 1.807) is 18.3 Å². The van der Waals surface area contributed by atoms with E-state index >= 15 is 0 Å². The van der Waals surface area contributed by atoms with Crippen LogP contribution in [0.3, 0.4) is 0 Å². The van der Waals surface area contributed by atoms with E-state index in [4.69, 9.17) is 5.26 Å². The summed E-state index contributed by atoms with van der Waals surface area (Å²) in [6.45, 7) is 0.218. The summed E-state index contributed by atoms with van der Waals surface area (Å²) in [5.74, 6) is 1.04. The number of nitrogens with one attached hydrogen (secondary N) is 1. The van der Waals surface area contributed by atoms with Crippen LogP contribution in [0.15, 0.2) is 18.3 Å². The molecule has 0 aromatic carbocycles. The van der Waals surface area contributed by atoms with Crippen molar-refractivity contribution in [2.45, 2.75) is 25.3 Å². The second kappa shape index (κ2) is 4.95. The molecule has 4 nitrogen and oxygen atoms in total. The molecule has 0 bridgehead atoms. The summed E-state index contributed by atoms with van der Waals surface area (Å²) in [5.41, 5.74) is 0.607. The first-order valence-corrected chi connectivity index (χ1v) is 5.57. The number of nitriles is 1. The predicted molar refractivity (Wildman–Crippen MR) is 60.8 cm³/mol. The molecular formula is C12H15N3O. The highest BCUT2D eigenvalue weighted by molar-refractivity contribution is 5.43. The lowest BCUT2D eigenvalue weighted by Gasteiger charge is -2.19. The quantitative estimate of drug-likeness (QED) is 0.805. The molecule has 2 unspecified atom stereocenters. The number of anilines is 1. The maximum absolute atomic E-state index is 9.20. The molecule has 1 aliphatic rings. The fourth-order valence-corrected chi connectivity index (χ4v) is 2.21. The molecule has 0 aliphatic heterocycles. The Balaban J connectivity index is 2.06. The average Bonchev–Trinajstić information content (AvgIpc) is 2.76. The Morgan fingerprint density at radius 1 is 1.56 bits per heavy atom. The summed E-state index contributed by atoms with van der Waals surface area (Å²) in [6.07, 6.45) is 4.89. The minimum atomic E-state index is 0.218. The molecule has 4 heteroatoms. The third-order valence-corrected chi connectivity index (χ3v) is 3.12. The normalized spacial score (nSPS) is 24.0. The Morgan fingerprint density at radius 2 is 2.44 bits per heavy atom. The molecule has 0 spiro atoms. The van der Waals surface area contributed by atoms with Crippen LogP contribution in [0.2, 0.25) is 0 Å². The zero-order chi connectivity index (χ0) is 11.4. The lowest BCUT2D eigenvalue weighted by atomic mass is 10.1. The maximum atomic E-state index is 9.20. The van der Waals surface area contributed by atoms with E-state index < -0.39 is 0 Å². The summed E-state index contributed by atoms with van der Waals surface area (Å²) in [6, 6.07) is 5.80. The third-order valence-electron chi connectivity index (χ3n) is 3.12. The SMILES string of the molecule is N#Cc1ccnc(NC2CCCC2CO)c1. The lowest BCUT2D eigenvalue weighted by molar-refractivity contribution is 0.222. The van der Waals surface area contributed by atoms with Gasteiger partial charge in [0.05, 0.1) is 11.6 Å². The molecule has 1 aliphatic carbocycles. The first-order valence-electron chi connectivity index (χ1n) is 5.57. The van der Waals surface area contributed by atoms with Crippen LogP contribution in [-0.2, 0) is 0 Å². The van der Waals surface area contributed by atoms with E-state index in [0.29, 0.717) is 11.5 Å². The van der Waals surface area contributed by atoms with Crippen molar-refractivity contribution >= 4 is 5.82 Å². The van der Waals surface area contributed by atoms with E-state index in [-0.39, 0.29) is 12.6 Å². The molecule has 1 aromatic rings. The van der Waals surface area contributed by atoms with Gasteiger partial charge in [0.25, 0.3) is 0 Å². The molecule has 1 aromatic heterocycles. The van der Waals surface area contributed by atoms with Gasteiger partial charge in [-0.1, -0.05) is 6.42 Å². The van der Waals surface area contributed by atoms with Crippen molar-refractivity contribution in [3.05, 3.63) is 23.9 Å². The largest absolute Gasteiger partial charge is 0.396 e. The van der Waals surface area contributed by atoms with Crippen molar-refractivity contribution in [2.24, 2.45) is 5.92 Å². The highest BCUT2D eigenvalue weighted by Gasteiger charge is 2.26. The van der Waals surface area contributed by atoms with Crippen LogP contribution in [0.25, 0.3) is 0 Å². The van der Waals surface area contributed by atoms with Gasteiger partial charge in [0, 0.05) is 24.8 Å². The molecule has 2 atom stereocenters. The standard InChI is InChI=1S/C12H15N3O/c13-7-9-4-5-14-12(6-9)15-11-3-1-2-10(11)8-16/h4-6,10-11,16H,1-3,8H2,(H,14,15). The monoisotopic (exact) mass is 217 g/mol.